The maximum Gasteiger partial charge on any atom is 0.332 e. The molecule has 4 nitrogen and oxygen atoms in total. The molecule has 1 amide bonds. The van der Waals surface area contributed by atoms with Gasteiger partial charge in [-0.2, -0.15) is 0 Å². The molecule has 86 valence electrons. The number of carbonyl (C=O) groups is 2. The van der Waals surface area contributed by atoms with Gasteiger partial charge in [-0.05, 0) is 46.5 Å². The van der Waals surface area contributed by atoms with Crippen molar-refractivity contribution in [3.8, 4) is 0 Å². The van der Waals surface area contributed by atoms with Crippen molar-refractivity contribution in [3.05, 3.63) is 0 Å². The van der Waals surface area contributed by atoms with Crippen molar-refractivity contribution in [2.24, 2.45) is 5.92 Å². The van der Waals surface area contributed by atoms with Crippen LogP contribution < -0.4 is 5.32 Å². The molecule has 15 heavy (non-hydrogen) atoms. The van der Waals surface area contributed by atoms with E-state index in [-0.39, 0.29) is 11.9 Å². The summed E-state index contributed by atoms with van der Waals surface area (Å²) >= 11 is 0. The minimum Gasteiger partial charge on any atom is -0.458 e. The Kier molecular flexibility index (Phi) is 3.07. The van der Waals surface area contributed by atoms with E-state index in [1.165, 1.54) is 0 Å². The van der Waals surface area contributed by atoms with Crippen LogP contribution in [0, 0.1) is 5.92 Å². The van der Waals surface area contributed by atoms with Crippen LogP contribution in [0.3, 0.4) is 0 Å². The second-order valence-electron chi connectivity index (χ2n) is 5.24. The van der Waals surface area contributed by atoms with Crippen LogP contribution in [0.25, 0.3) is 0 Å². The smallest absolute Gasteiger partial charge is 0.332 e. The predicted octanol–water partition coefficient (Wildman–Crippen LogP) is 1.24. The number of carbonyl (C=O) groups excluding carboxylic acids is 2. The zero-order valence-corrected chi connectivity index (χ0v) is 9.79. The third kappa shape index (κ3) is 2.94. The molecule has 1 N–H and O–H groups in total. The molecule has 0 radical (unpaired) electrons. The molecule has 0 aliphatic heterocycles. The van der Waals surface area contributed by atoms with Crippen LogP contribution in [-0.2, 0) is 14.3 Å². The quantitative estimate of drug-likeness (QED) is 0.564. The summed E-state index contributed by atoms with van der Waals surface area (Å²) in [5, 5.41) is 2.59. The predicted molar refractivity (Wildman–Crippen MR) is 56.2 cm³/mol. The van der Waals surface area contributed by atoms with Gasteiger partial charge in [-0.25, -0.2) is 4.79 Å². The van der Waals surface area contributed by atoms with E-state index in [1.54, 1.807) is 6.92 Å². The van der Waals surface area contributed by atoms with Crippen molar-refractivity contribution in [1.82, 2.24) is 5.32 Å². The molecule has 1 atom stereocenters. The van der Waals surface area contributed by atoms with E-state index in [2.05, 4.69) is 5.32 Å². The molecule has 4 heteroatoms. The van der Waals surface area contributed by atoms with Crippen molar-refractivity contribution in [2.75, 3.05) is 0 Å². The van der Waals surface area contributed by atoms with Gasteiger partial charge < -0.3 is 10.1 Å². The molecule has 0 heterocycles. The molecule has 0 saturated heterocycles. The second kappa shape index (κ2) is 3.83. The van der Waals surface area contributed by atoms with E-state index in [0.717, 1.165) is 12.8 Å². The van der Waals surface area contributed by atoms with Crippen LogP contribution in [0.2, 0.25) is 0 Å². The fourth-order valence-electron chi connectivity index (χ4n) is 1.51. The Labute approximate surface area is 90.4 Å². The Bertz CT molecular complexity index is 265. The number of amides is 1. The van der Waals surface area contributed by atoms with Crippen molar-refractivity contribution in [3.63, 3.8) is 0 Å². The first-order chi connectivity index (χ1) is 6.79. The Hall–Kier alpha value is -1.06. The summed E-state index contributed by atoms with van der Waals surface area (Å²) < 4.78 is 5.30. The van der Waals surface area contributed by atoms with Crippen LogP contribution in [0.5, 0.6) is 0 Å². The number of esters is 1. The number of hydrogen-bond acceptors (Lipinski definition) is 3. The minimum atomic E-state index is -0.852. The fourth-order valence-corrected chi connectivity index (χ4v) is 1.51. The third-order valence-corrected chi connectivity index (χ3v) is 2.58. The zero-order chi connectivity index (χ0) is 11.7. The van der Waals surface area contributed by atoms with E-state index in [4.69, 9.17) is 4.74 Å². The molecule has 1 fully saturated rings. The van der Waals surface area contributed by atoms with Crippen molar-refractivity contribution >= 4 is 12.4 Å². The number of hydrogen-bond donors (Lipinski definition) is 1. The van der Waals surface area contributed by atoms with Crippen molar-refractivity contribution in [1.29, 1.82) is 0 Å². The summed E-state index contributed by atoms with van der Waals surface area (Å²) in [6, 6.07) is 0. The summed E-state index contributed by atoms with van der Waals surface area (Å²) in [6.45, 7) is 7.19. The average molecular weight is 213 g/mol. The SMILES string of the molecule is CC(C)(C)OC(=O)C(C)(NC=O)C1CC1. The minimum absolute atomic E-state index is 0.220. The summed E-state index contributed by atoms with van der Waals surface area (Å²) in [7, 11) is 0. The highest BCUT2D eigenvalue weighted by molar-refractivity contribution is 5.84. The van der Waals surface area contributed by atoms with Gasteiger partial charge in [0.2, 0.25) is 6.41 Å². The average Bonchev–Trinajstić information content (AvgIpc) is 2.82. The van der Waals surface area contributed by atoms with Gasteiger partial charge in [0.25, 0.3) is 0 Å². The molecule has 1 unspecified atom stereocenters. The molecule has 1 rings (SSSR count). The van der Waals surface area contributed by atoms with Crippen molar-refractivity contribution in [2.45, 2.75) is 51.7 Å². The Morgan fingerprint density at radius 3 is 2.20 bits per heavy atom. The number of rotatable bonds is 4. The van der Waals surface area contributed by atoms with E-state index >= 15 is 0 Å². The number of ether oxygens (including phenoxy) is 1. The Balaban J connectivity index is 2.71. The van der Waals surface area contributed by atoms with E-state index in [0.29, 0.717) is 6.41 Å². The second-order valence-corrected chi connectivity index (χ2v) is 5.24. The Morgan fingerprint density at radius 1 is 1.33 bits per heavy atom. The highest BCUT2D eigenvalue weighted by Gasteiger charge is 2.49. The molecule has 1 saturated carbocycles. The molecule has 0 spiro atoms. The molecule has 0 aromatic carbocycles. The third-order valence-electron chi connectivity index (χ3n) is 2.58. The van der Waals surface area contributed by atoms with Gasteiger partial charge in [0.05, 0.1) is 0 Å². The van der Waals surface area contributed by atoms with Gasteiger partial charge in [0, 0.05) is 0 Å². The maximum atomic E-state index is 11.9. The van der Waals surface area contributed by atoms with E-state index in [1.807, 2.05) is 20.8 Å². The normalized spacial score (nSPS) is 20.3. The lowest BCUT2D eigenvalue weighted by Gasteiger charge is -2.31. The molecular formula is C11H19NO3. The summed E-state index contributed by atoms with van der Waals surface area (Å²) in [6.07, 6.45) is 2.51. The van der Waals surface area contributed by atoms with Crippen LogP contribution in [0.4, 0.5) is 0 Å². The molecule has 1 aliphatic rings. The van der Waals surface area contributed by atoms with Gasteiger partial charge in [-0.1, -0.05) is 0 Å². The van der Waals surface area contributed by atoms with Crippen LogP contribution >= 0.6 is 0 Å². The molecule has 0 bridgehead atoms. The summed E-state index contributed by atoms with van der Waals surface area (Å²) in [4.78, 5) is 22.4. The lowest BCUT2D eigenvalue weighted by atomic mass is 9.96. The molecular weight excluding hydrogens is 194 g/mol. The zero-order valence-electron chi connectivity index (χ0n) is 9.79. The summed E-state index contributed by atoms with van der Waals surface area (Å²) in [5.74, 6) is -0.123. The lowest BCUT2D eigenvalue weighted by Crippen LogP contribution is -2.53. The van der Waals surface area contributed by atoms with Gasteiger partial charge in [-0.15, -0.1) is 0 Å². The van der Waals surface area contributed by atoms with E-state index in [9.17, 15) is 9.59 Å². The first-order valence-electron chi connectivity index (χ1n) is 5.24. The lowest BCUT2D eigenvalue weighted by molar-refractivity contribution is -0.164. The van der Waals surface area contributed by atoms with Crippen molar-refractivity contribution < 1.29 is 14.3 Å². The topological polar surface area (TPSA) is 55.4 Å². The fraction of sp³-hybridized carbons (Fsp3) is 0.818. The van der Waals surface area contributed by atoms with Gasteiger partial charge in [-0.3, -0.25) is 4.79 Å². The van der Waals surface area contributed by atoms with Gasteiger partial charge in [0.15, 0.2) is 0 Å². The first kappa shape index (κ1) is 12.0. The van der Waals surface area contributed by atoms with Crippen LogP contribution in [-0.4, -0.2) is 23.5 Å². The monoisotopic (exact) mass is 213 g/mol. The Morgan fingerprint density at radius 2 is 1.87 bits per heavy atom. The maximum absolute atomic E-state index is 11.9. The van der Waals surface area contributed by atoms with Gasteiger partial charge in [0.1, 0.15) is 11.1 Å². The largest absolute Gasteiger partial charge is 0.458 e. The molecule has 1 aliphatic carbocycles. The van der Waals surface area contributed by atoms with Crippen LogP contribution in [0.1, 0.15) is 40.5 Å². The first-order valence-corrected chi connectivity index (χ1v) is 5.24. The highest BCUT2D eigenvalue weighted by Crippen LogP contribution is 2.40. The van der Waals surface area contributed by atoms with Gasteiger partial charge >= 0.3 is 5.97 Å². The van der Waals surface area contributed by atoms with E-state index < -0.39 is 11.1 Å². The number of nitrogens with one attached hydrogen (secondary N) is 1. The highest BCUT2D eigenvalue weighted by atomic mass is 16.6. The van der Waals surface area contributed by atoms with Crippen LogP contribution in [0.15, 0.2) is 0 Å². The standard InChI is InChI=1S/C11H19NO3/c1-10(2,3)15-9(14)11(4,12-7-13)8-5-6-8/h7-8H,5-6H2,1-4H3,(H,12,13). The molecule has 0 aromatic heterocycles. The summed E-state index contributed by atoms with van der Waals surface area (Å²) in [5.41, 5.74) is -1.37. The molecule has 0 aromatic rings.